The Bertz CT molecular complexity index is 633. The maximum absolute atomic E-state index is 12.3. The van der Waals surface area contributed by atoms with Crippen LogP contribution in [-0.2, 0) is 14.8 Å². The Morgan fingerprint density at radius 2 is 1.96 bits per heavy atom. The molecule has 0 unspecified atom stereocenters. The molecule has 0 aliphatic carbocycles. The molecular weight excluding hydrogens is 316 g/mol. The fourth-order valence-corrected chi connectivity index (χ4v) is 4.20. The van der Waals surface area contributed by atoms with E-state index in [2.05, 4.69) is 10.3 Å². The van der Waals surface area contributed by atoms with Gasteiger partial charge in [0.05, 0.1) is 5.75 Å². The van der Waals surface area contributed by atoms with Crippen LogP contribution in [0.4, 0.5) is 0 Å². The molecule has 1 aromatic rings. The van der Waals surface area contributed by atoms with Crippen LogP contribution in [-0.4, -0.2) is 53.6 Å². The van der Waals surface area contributed by atoms with Gasteiger partial charge < -0.3 is 9.88 Å². The third-order valence-corrected chi connectivity index (χ3v) is 6.00. The van der Waals surface area contributed by atoms with Crippen molar-refractivity contribution in [1.29, 1.82) is 0 Å². The second-order valence-electron chi connectivity index (χ2n) is 6.24. The van der Waals surface area contributed by atoms with Gasteiger partial charge in [-0.15, -0.1) is 0 Å². The third kappa shape index (κ3) is 4.32. The van der Waals surface area contributed by atoms with Gasteiger partial charge in [-0.05, 0) is 19.8 Å². The molecule has 1 atom stereocenters. The first kappa shape index (κ1) is 17.9. The van der Waals surface area contributed by atoms with Crippen LogP contribution in [0, 0.1) is 0 Å². The number of aromatic nitrogens is 2. The highest BCUT2D eigenvalue weighted by molar-refractivity contribution is 7.89. The molecule has 0 aromatic carbocycles. The summed E-state index contributed by atoms with van der Waals surface area (Å²) in [7, 11) is -3.26. The minimum absolute atomic E-state index is 0.0492. The number of hydrogen-bond donors (Lipinski definition) is 1. The molecule has 1 aliphatic rings. The van der Waals surface area contributed by atoms with Crippen LogP contribution >= 0.6 is 0 Å². The molecule has 8 heteroatoms. The molecule has 1 N–H and O–H groups in total. The number of hydrogen-bond acceptors (Lipinski definition) is 4. The summed E-state index contributed by atoms with van der Waals surface area (Å²) in [6.07, 6.45) is 5.29. The fourth-order valence-electron chi connectivity index (χ4n) is 2.77. The second kappa shape index (κ2) is 7.44. The summed E-state index contributed by atoms with van der Waals surface area (Å²) in [5.41, 5.74) is 0. The van der Waals surface area contributed by atoms with Crippen molar-refractivity contribution in [1.82, 2.24) is 19.2 Å². The van der Waals surface area contributed by atoms with Crippen LogP contribution in [0.1, 0.15) is 51.4 Å². The van der Waals surface area contributed by atoms with Crippen molar-refractivity contribution in [2.75, 3.05) is 25.4 Å². The highest BCUT2D eigenvalue weighted by Gasteiger charge is 2.25. The summed E-state index contributed by atoms with van der Waals surface area (Å²) in [5, 5.41) is 2.72. The largest absolute Gasteiger partial charge is 0.353 e. The van der Waals surface area contributed by atoms with E-state index in [1.807, 2.05) is 18.4 Å². The van der Waals surface area contributed by atoms with Gasteiger partial charge in [-0.1, -0.05) is 13.8 Å². The Balaban J connectivity index is 1.88. The van der Waals surface area contributed by atoms with E-state index in [-0.39, 0.29) is 24.1 Å². The minimum atomic E-state index is -3.26. The number of amides is 1. The SMILES string of the molecule is CC(C)c1nccn1[C@@H](C)C(=O)NCCS(=O)(=O)N1CCCC1. The van der Waals surface area contributed by atoms with Gasteiger partial charge in [-0.25, -0.2) is 17.7 Å². The quantitative estimate of drug-likeness (QED) is 0.804. The number of nitrogens with zero attached hydrogens (tertiary/aromatic N) is 3. The zero-order chi connectivity index (χ0) is 17.0. The lowest BCUT2D eigenvalue weighted by molar-refractivity contribution is -0.123. The monoisotopic (exact) mass is 342 g/mol. The van der Waals surface area contributed by atoms with Crippen LogP contribution in [0.5, 0.6) is 0 Å². The predicted octanol–water partition coefficient (Wildman–Crippen LogP) is 1.11. The molecule has 2 heterocycles. The van der Waals surface area contributed by atoms with Crippen molar-refractivity contribution in [2.24, 2.45) is 0 Å². The summed E-state index contributed by atoms with van der Waals surface area (Å²) < 4.78 is 27.6. The first-order chi connectivity index (χ1) is 10.8. The number of carbonyl (C=O) groups is 1. The number of nitrogens with one attached hydrogen (secondary N) is 1. The summed E-state index contributed by atoms with van der Waals surface area (Å²) in [6.45, 7) is 7.16. The van der Waals surface area contributed by atoms with Gasteiger partial charge in [-0.2, -0.15) is 0 Å². The van der Waals surface area contributed by atoms with Crippen molar-refractivity contribution in [3.63, 3.8) is 0 Å². The standard InChI is InChI=1S/C15H26N4O3S/c1-12(2)14-16-6-10-19(14)13(3)15(20)17-7-11-23(21,22)18-8-4-5-9-18/h6,10,12-13H,4-5,7-9,11H2,1-3H3,(H,17,20)/t13-/m0/s1. The van der Waals surface area contributed by atoms with Crippen LogP contribution in [0.15, 0.2) is 12.4 Å². The van der Waals surface area contributed by atoms with Crippen molar-refractivity contribution in [3.8, 4) is 0 Å². The van der Waals surface area contributed by atoms with Gasteiger partial charge in [0.1, 0.15) is 11.9 Å². The van der Waals surface area contributed by atoms with E-state index in [0.29, 0.717) is 13.1 Å². The summed E-state index contributed by atoms with van der Waals surface area (Å²) in [4.78, 5) is 16.5. The fraction of sp³-hybridized carbons (Fsp3) is 0.733. The molecule has 1 saturated heterocycles. The van der Waals surface area contributed by atoms with Crippen LogP contribution in [0.25, 0.3) is 0 Å². The predicted molar refractivity (Wildman–Crippen MR) is 88.6 cm³/mol. The molecule has 0 radical (unpaired) electrons. The highest BCUT2D eigenvalue weighted by atomic mass is 32.2. The van der Waals surface area contributed by atoms with Gasteiger partial charge in [0.2, 0.25) is 15.9 Å². The molecule has 0 saturated carbocycles. The Hall–Kier alpha value is -1.41. The highest BCUT2D eigenvalue weighted by Crippen LogP contribution is 2.17. The molecule has 0 bridgehead atoms. The zero-order valence-electron chi connectivity index (χ0n) is 14.0. The molecule has 2 rings (SSSR count). The zero-order valence-corrected chi connectivity index (χ0v) is 14.8. The Morgan fingerprint density at radius 1 is 1.30 bits per heavy atom. The van der Waals surface area contributed by atoms with Gasteiger partial charge >= 0.3 is 0 Å². The summed E-state index contributed by atoms with van der Waals surface area (Å²) in [5.74, 6) is 0.821. The number of rotatable bonds is 7. The van der Waals surface area contributed by atoms with E-state index < -0.39 is 16.1 Å². The lowest BCUT2D eigenvalue weighted by Gasteiger charge is -2.19. The molecule has 7 nitrogen and oxygen atoms in total. The molecule has 1 aromatic heterocycles. The number of carbonyl (C=O) groups excluding carboxylic acids is 1. The summed E-state index contributed by atoms with van der Waals surface area (Å²) in [6, 6.07) is -0.413. The van der Waals surface area contributed by atoms with Crippen molar-refractivity contribution < 1.29 is 13.2 Å². The van der Waals surface area contributed by atoms with E-state index in [9.17, 15) is 13.2 Å². The Labute approximate surface area is 138 Å². The molecule has 1 fully saturated rings. The topological polar surface area (TPSA) is 84.3 Å². The van der Waals surface area contributed by atoms with Crippen molar-refractivity contribution >= 4 is 15.9 Å². The van der Waals surface area contributed by atoms with E-state index in [0.717, 1.165) is 18.7 Å². The molecule has 23 heavy (non-hydrogen) atoms. The van der Waals surface area contributed by atoms with Crippen LogP contribution in [0.2, 0.25) is 0 Å². The first-order valence-corrected chi connectivity index (χ1v) is 9.72. The average molecular weight is 342 g/mol. The van der Waals surface area contributed by atoms with Gasteiger partial charge in [0.15, 0.2) is 0 Å². The summed E-state index contributed by atoms with van der Waals surface area (Å²) >= 11 is 0. The van der Waals surface area contributed by atoms with Crippen molar-refractivity contribution in [3.05, 3.63) is 18.2 Å². The lowest BCUT2D eigenvalue weighted by atomic mass is 10.2. The van der Waals surface area contributed by atoms with Crippen LogP contribution in [0.3, 0.4) is 0 Å². The van der Waals surface area contributed by atoms with E-state index in [4.69, 9.17) is 0 Å². The Kier molecular flexibility index (Phi) is 5.80. The lowest BCUT2D eigenvalue weighted by Crippen LogP contribution is -2.38. The Morgan fingerprint density at radius 3 is 2.57 bits per heavy atom. The average Bonchev–Trinajstić information content (AvgIpc) is 3.17. The first-order valence-electron chi connectivity index (χ1n) is 8.11. The number of imidazole rings is 1. The van der Waals surface area contributed by atoms with Gasteiger partial charge in [0.25, 0.3) is 0 Å². The van der Waals surface area contributed by atoms with Gasteiger partial charge in [0, 0.05) is 37.9 Å². The van der Waals surface area contributed by atoms with E-state index in [1.165, 1.54) is 4.31 Å². The van der Waals surface area contributed by atoms with Crippen molar-refractivity contribution in [2.45, 2.75) is 45.6 Å². The minimum Gasteiger partial charge on any atom is -0.353 e. The smallest absolute Gasteiger partial charge is 0.242 e. The molecule has 0 spiro atoms. The molecule has 1 amide bonds. The third-order valence-electron chi connectivity index (χ3n) is 4.13. The molecule has 130 valence electrons. The number of sulfonamides is 1. The molecular formula is C15H26N4O3S. The molecule has 1 aliphatic heterocycles. The van der Waals surface area contributed by atoms with Crippen LogP contribution < -0.4 is 5.32 Å². The van der Waals surface area contributed by atoms with E-state index >= 15 is 0 Å². The van der Waals surface area contributed by atoms with Gasteiger partial charge in [-0.3, -0.25) is 4.79 Å². The normalized spacial score (nSPS) is 17.6. The second-order valence-corrected chi connectivity index (χ2v) is 8.33. The van der Waals surface area contributed by atoms with E-state index in [1.54, 1.807) is 19.3 Å². The maximum Gasteiger partial charge on any atom is 0.242 e. The maximum atomic E-state index is 12.3.